The van der Waals surface area contributed by atoms with E-state index in [2.05, 4.69) is 15.9 Å². The molecule has 2 aromatic rings. The summed E-state index contributed by atoms with van der Waals surface area (Å²) in [6.45, 7) is 0. The van der Waals surface area contributed by atoms with Crippen molar-refractivity contribution in [3.63, 3.8) is 0 Å². The predicted molar refractivity (Wildman–Crippen MR) is 53.9 cm³/mol. The fourth-order valence-corrected chi connectivity index (χ4v) is 2.49. The van der Waals surface area contributed by atoms with Crippen LogP contribution in [0.4, 0.5) is 10.1 Å². The largest absolute Gasteiger partial charge is 0.398 e. The molecule has 0 saturated heterocycles. The maximum absolute atomic E-state index is 12.8. The van der Waals surface area contributed by atoms with Gasteiger partial charge in [-0.3, -0.25) is 0 Å². The molecule has 0 atom stereocenters. The number of hydrogen-bond acceptors (Lipinski definition) is 2. The van der Waals surface area contributed by atoms with Crippen LogP contribution >= 0.6 is 27.3 Å². The summed E-state index contributed by atoms with van der Waals surface area (Å²) < 4.78 is 14.4. The lowest BCUT2D eigenvalue weighted by atomic mass is 10.2. The highest BCUT2D eigenvalue weighted by Gasteiger charge is 2.06. The smallest absolute Gasteiger partial charge is 0.177 e. The topological polar surface area (TPSA) is 26.0 Å². The first-order valence-electron chi connectivity index (χ1n) is 3.31. The Kier molecular flexibility index (Phi) is 1.81. The van der Waals surface area contributed by atoms with Crippen LogP contribution in [0.2, 0.25) is 0 Å². The second-order valence-corrected chi connectivity index (χ2v) is 4.23. The van der Waals surface area contributed by atoms with E-state index >= 15 is 0 Å². The number of benzene rings is 1. The highest BCUT2D eigenvalue weighted by molar-refractivity contribution is 9.10. The summed E-state index contributed by atoms with van der Waals surface area (Å²) in [5.41, 5.74) is 6.28. The van der Waals surface area contributed by atoms with E-state index in [1.807, 2.05) is 6.07 Å². The van der Waals surface area contributed by atoms with Gasteiger partial charge in [-0.25, -0.2) is 0 Å². The number of fused-ring (bicyclic) bond motifs is 1. The van der Waals surface area contributed by atoms with Gasteiger partial charge in [0.05, 0.1) is 9.17 Å². The molecule has 1 heterocycles. The van der Waals surface area contributed by atoms with Gasteiger partial charge in [0.2, 0.25) is 0 Å². The average Bonchev–Trinajstić information content (AvgIpc) is 2.39. The predicted octanol–water partition coefficient (Wildman–Crippen LogP) is 3.39. The third kappa shape index (κ3) is 1.11. The van der Waals surface area contributed by atoms with E-state index in [9.17, 15) is 4.39 Å². The van der Waals surface area contributed by atoms with Crippen LogP contribution in [0.25, 0.3) is 10.1 Å². The third-order valence-electron chi connectivity index (χ3n) is 1.63. The van der Waals surface area contributed by atoms with Crippen molar-refractivity contribution in [1.29, 1.82) is 0 Å². The number of rotatable bonds is 0. The van der Waals surface area contributed by atoms with Gasteiger partial charge in [-0.1, -0.05) is 6.07 Å². The summed E-state index contributed by atoms with van der Waals surface area (Å²) >= 11 is 4.41. The van der Waals surface area contributed by atoms with Crippen LogP contribution in [0.3, 0.4) is 0 Å². The second-order valence-electron chi connectivity index (χ2n) is 2.44. The van der Waals surface area contributed by atoms with Crippen molar-refractivity contribution in [1.82, 2.24) is 0 Å². The molecule has 0 fully saturated rings. The summed E-state index contributed by atoms with van der Waals surface area (Å²) in [4.78, 5) is 0. The molecule has 2 rings (SSSR count). The molecule has 0 aliphatic rings. The maximum atomic E-state index is 12.8. The normalized spacial score (nSPS) is 10.8. The molecule has 4 heteroatoms. The average molecular weight is 246 g/mol. The lowest BCUT2D eigenvalue weighted by Gasteiger charge is -1.97. The van der Waals surface area contributed by atoms with E-state index in [1.165, 1.54) is 6.07 Å². The highest BCUT2D eigenvalue weighted by Crippen LogP contribution is 2.34. The molecule has 62 valence electrons. The Bertz CT molecular complexity index is 438. The SMILES string of the molecule is Nc1ccc2cc(F)sc2c1Br. The maximum Gasteiger partial charge on any atom is 0.177 e. The van der Waals surface area contributed by atoms with Crippen molar-refractivity contribution in [3.8, 4) is 0 Å². The van der Waals surface area contributed by atoms with E-state index in [1.54, 1.807) is 6.07 Å². The van der Waals surface area contributed by atoms with Gasteiger partial charge in [0.25, 0.3) is 0 Å². The zero-order chi connectivity index (χ0) is 8.72. The van der Waals surface area contributed by atoms with E-state index in [-0.39, 0.29) is 5.13 Å². The molecule has 0 unspecified atom stereocenters. The van der Waals surface area contributed by atoms with Gasteiger partial charge in [-0.15, -0.1) is 11.3 Å². The van der Waals surface area contributed by atoms with E-state index < -0.39 is 0 Å². The summed E-state index contributed by atoms with van der Waals surface area (Å²) in [5.74, 6) is 0. The monoisotopic (exact) mass is 245 g/mol. The number of nitrogens with two attached hydrogens (primary N) is 1. The van der Waals surface area contributed by atoms with Crippen LogP contribution in [-0.4, -0.2) is 0 Å². The molecule has 1 aromatic carbocycles. The Morgan fingerprint density at radius 2 is 2.17 bits per heavy atom. The number of anilines is 1. The summed E-state index contributed by atoms with van der Waals surface area (Å²) in [6.07, 6.45) is 0. The number of halogens is 2. The van der Waals surface area contributed by atoms with E-state index in [4.69, 9.17) is 5.73 Å². The first-order valence-corrected chi connectivity index (χ1v) is 4.92. The Morgan fingerprint density at radius 1 is 1.42 bits per heavy atom. The van der Waals surface area contributed by atoms with Gasteiger partial charge in [0.1, 0.15) is 0 Å². The van der Waals surface area contributed by atoms with Crippen molar-refractivity contribution in [2.75, 3.05) is 5.73 Å². The molecule has 0 aliphatic heterocycles. The molecule has 0 amide bonds. The molecule has 0 aliphatic carbocycles. The number of nitrogen functional groups attached to an aromatic ring is 1. The molecule has 1 nitrogen and oxygen atoms in total. The molecule has 0 saturated carbocycles. The molecule has 2 N–H and O–H groups in total. The minimum atomic E-state index is -0.184. The quantitative estimate of drug-likeness (QED) is 0.708. The first kappa shape index (κ1) is 8.01. The minimum absolute atomic E-state index is 0.184. The number of thiophene rings is 1. The van der Waals surface area contributed by atoms with Gasteiger partial charge in [-0.05, 0) is 33.4 Å². The van der Waals surface area contributed by atoms with Crippen molar-refractivity contribution in [2.24, 2.45) is 0 Å². The standard InChI is InChI=1S/C8H5BrFNS/c9-7-5(11)2-1-4-3-6(10)12-8(4)7/h1-3H,11H2. The Hall–Kier alpha value is -0.610. The fraction of sp³-hybridized carbons (Fsp3) is 0. The molecule has 12 heavy (non-hydrogen) atoms. The van der Waals surface area contributed by atoms with Gasteiger partial charge in [0.15, 0.2) is 5.13 Å². The minimum Gasteiger partial charge on any atom is -0.398 e. The fourth-order valence-electron chi connectivity index (χ4n) is 1.05. The second kappa shape index (κ2) is 2.71. The van der Waals surface area contributed by atoms with Gasteiger partial charge in [-0.2, -0.15) is 4.39 Å². The molecule has 0 spiro atoms. The van der Waals surface area contributed by atoms with Gasteiger partial charge >= 0.3 is 0 Å². The van der Waals surface area contributed by atoms with Crippen LogP contribution in [0.15, 0.2) is 22.7 Å². The van der Waals surface area contributed by atoms with Gasteiger partial charge in [0, 0.05) is 5.69 Å². The summed E-state index contributed by atoms with van der Waals surface area (Å²) in [7, 11) is 0. The van der Waals surface area contributed by atoms with Gasteiger partial charge < -0.3 is 5.73 Å². The van der Waals surface area contributed by atoms with E-state index in [0.29, 0.717) is 5.69 Å². The lowest BCUT2D eigenvalue weighted by molar-refractivity contribution is 0.658. The van der Waals surface area contributed by atoms with Crippen LogP contribution < -0.4 is 5.73 Å². The van der Waals surface area contributed by atoms with Crippen molar-refractivity contribution >= 4 is 43.0 Å². The molecular formula is C8H5BrFNS. The Morgan fingerprint density at radius 3 is 2.92 bits per heavy atom. The van der Waals surface area contributed by atoms with Crippen molar-refractivity contribution < 1.29 is 4.39 Å². The summed E-state index contributed by atoms with van der Waals surface area (Å²) in [6, 6.07) is 5.08. The van der Waals surface area contributed by atoms with E-state index in [0.717, 1.165) is 25.9 Å². The first-order chi connectivity index (χ1) is 5.68. The van der Waals surface area contributed by atoms with Crippen molar-refractivity contribution in [3.05, 3.63) is 27.8 Å². The molecule has 0 bridgehead atoms. The van der Waals surface area contributed by atoms with Crippen molar-refractivity contribution in [2.45, 2.75) is 0 Å². The van der Waals surface area contributed by atoms with Crippen LogP contribution in [0, 0.1) is 5.13 Å². The molecule has 1 aromatic heterocycles. The zero-order valence-electron chi connectivity index (χ0n) is 5.97. The Balaban J connectivity index is 2.89. The van der Waals surface area contributed by atoms with Crippen LogP contribution in [0.1, 0.15) is 0 Å². The third-order valence-corrected chi connectivity index (χ3v) is 3.70. The Labute approximate surface area is 81.1 Å². The van der Waals surface area contributed by atoms with Crippen LogP contribution in [0.5, 0.6) is 0 Å². The zero-order valence-corrected chi connectivity index (χ0v) is 8.38. The number of hydrogen-bond donors (Lipinski definition) is 1. The molecule has 0 radical (unpaired) electrons. The van der Waals surface area contributed by atoms with Crippen LogP contribution in [-0.2, 0) is 0 Å². The lowest BCUT2D eigenvalue weighted by Crippen LogP contribution is -1.84. The summed E-state index contributed by atoms with van der Waals surface area (Å²) in [5, 5.41) is 0.704. The highest BCUT2D eigenvalue weighted by atomic mass is 79.9. The molecular weight excluding hydrogens is 241 g/mol.